The van der Waals surface area contributed by atoms with Gasteiger partial charge in [0.25, 0.3) is 0 Å². The minimum atomic E-state index is -0.288. The second kappa shape index (κ2) is 3.77. The van der Waals surface area contributed by atoms with E-state index in [1.807, 2.05) is 30.5 Å². The Kier molecular flexibility index (Phi) is 2.46. The standard InChI is InChI=1S/C12H13NO2/c1-3-13-7-6-10-8-11(15-9(2)14)4-5-12(10)13/h4-8H,3H2,1-2H3. The molecule has 2 aromatic rings. The molecule has 0 spiro atoms. The highest BCUT2D eigenvalue weighted by Crippen LogP contribution is 2.22. The van der Waals surface area contributed by atoms with E-state index in [-0.39, 0.29) is 5.97 Å². The molecule has 0 fully saturated rings. The van der Waals surface area contributed by atoms with E-state index in [1.54, 1.807) is 0 Å². The van der Waals surface area contributed by atoms with Crippen LogP contribution in [-0.2, 0) is 11.3 Å². The maximum atomic E-state index is 10.8. The zero-order chi connectivity index (χ0) is 10.8. The minimum Gasteiger partial charge on any atom is -0.427 e. The van der Waals surface area contributed by atoms with Gasteiger partial charge in [-0.25, -0.2) is 0 Å². The second-order valence-corrected chi connectivity index (χ2v) is 3.42. The normalized spacial score (nSPS) is 10.5. The number of benzene rings is 1. The molecule has 0 radical (unpaired) electrons. The molecular formula is C12H13NO2. The van der Waals surface area contributed by atoms with Gasteiger partial charge in [0, 0.05) is 30.6 Å². The molecule has 1 aromatic heterocycles. The SMILES string of the molecule is CCn1ccc2cc(OC(C)=O)ccc21. The van der Waals surface area contributed by atoms with Gasteiger partial charge in [0.1, 0.15) is 5.75 Å². The van der Waals surface area contributed by atoms with E-state index in [0.717, 1.165) is 17.4 Å². The fourth-order valence-corrected chi connectivity index (χ4v) is 1.68. The van der Waals surface area contributed by atoms with Crippen LogP contribution in [0.15, 0.2) is 30.5 Å². The fraction of sp³-hybridized carbons (Fsp3) is 0.250. The Bertz CT molecular complexity index is 499. The largest absolute Gasteiger partial charge is 0.427 e. The van der Waals surface area contributed by atoms with Crippen LogP contribution in [0, 0.1) is 0 Å². The van der Waals surface area contributed by atoms with Crippen molar-refractivity contribution < 1.29 is 9.53 Å². The lowest BCUT2D eigenvalue weighted by Crippen LogP contribution is -2.01. The van der Waals surface area contributed by atoms with Crippen LogP contribution < -0.4 is 4.74 Å². The molecule has 0 aliphatic heterocycles. The monoisotopic (exact) mass is 203 g/mol. The number of aryl methyl sites for hydroxylation is 1. The molecule has 15 heavy (non-hydrogen) atoms. The van der Waals surface area contributed by atoms with E-state index in [4.69, 9.17) is 4.74 Å². The van der Waals surface area contributed by atoms with Crippen LogP contribution >= 0.6 is 0 Å². The zero-order valence-corrected chi connectivity index (χ0v) is 8.86. The smallest absolute Gasteiger partial charge is 0.308 e. The molecule has 0 N–H and O–H groups in total. The summed E-state index contributed by atoms with van der Waals surface area (Å²) in [5, 5.41) is 1.09. The van der Waals surface area contributed by atoms with Crippen molar-refractivity contribution in [2.45, 2.75) is 20.4 Å². The Labute approximate surface area is 88.3 Å². The molecule has 3 nitrogen and oxygen atoms in total. The molecule has 78 valence electrons. The summed E-state index contributed by atoms with van der Waals surface area (Å²) in [6, 6.07) is 7.68. The van der Waals surface area contributed by atoms with Gasteiger partial charge in [0.15, 0.2) is 0 Å². The lowest BCUT2D eigenvalue weighted by molar-refractivity contribution is -0.131. The van der Waals surface area contributed by atoms with Gasteiger partial charge in [-0.2, -0.15) is 0 Å². The maximum Gasteiger partial charge on any atom is 0.308 e. The number of aromatic nitrogens is 1. The predicted molar refractivity (Wildman–Crippen MR) is 58.9 cm³/mol. The third-order valence-corrected chi connectivity index (χ3v) is 2.34. The third kappa shape index (κ3) is 1.86. The first-order valence-corrected chi connectivity index (χ1v) is 4.98. The van der Waals surface area contributed by atoms with Crippen molar-refractivity contribution in [1.29, 1.82) is 0 Å². The quantitative estimate of drug-likeness (QED) is 0.555. The first-order chi connectivity index (χ1) is 7.20. The molecule has 0 saturated carbocycles. The number of carbonyl (C=O) groups is 1. The lowest BCUT2D eigenvalue weighted by Gasteiger charge is -2.03. The molecule has 1 aromatic carbocycles. The first-order valence-electron chi connectivity index (χ1n) is 4.98. The summed E-state index contributed by atoms with van der Waals surface area (Å²) in [6.07, 6.45) is 2.03. The zero-order valence-electron chi connectivity index (χ0n) is 8.86. The number of hydrogen-bond acceptors (Lipinski definition) is 2. The molecule has 0 unspecified atom stereocenters. The van der Waals surface area contributed by atoms with Crippen LogP contribution in [0.4, 0.5) is 0 Å². The molecule has 0 atom stereocenters. The average molecular weight is 203 g/mol. The molecule has 3 heteroatoms. The lowest BCUT2D eigenvalue weighted by atomic mass is 10.2. The summed E-state index contributed by atoms with van der Waals surface area (Å²) in [5.74, 6) is 0.313. The Morgan fingerprint density at radius 3 is 2.87 bits per heavy atom. The summed E-state index contributed by atoms with van der Waals surface area (Å²) < 4.78 is 7.16. The topological polar surface area (TPSA) is 31.2 Å². The Balaban J connectivity index is 2.44. The van der Waals surface area contributed by atoms with E-state index >= 15 is 0 Å². The Hall–Kier alpha value is -1.77. The number of rotatable bonds is 2. The molecule has 2 rings (SSSR count). The van der Waals surface area contributed by atoms with Gasteiger partial charge >= 0.3 is 5.97 Å². The molecule has 0 saturated heterocycles. The second-order valence-electron chi connectivity index (χ2n) is 3.42. The molecular weight excluding hydrogens is 190 g/mol. The summed E-state index contributed by atoms with van der Waals surface area (Å²) in [6.45, 7) is 4.44. The fourth-order valence-electron chi connectivity index (χ4n) is 1.68. The highest BCUT2D eigenvalue weighted by Gasteiger charge is 2.02. The number of carbonyl (C=O) groups excluding carboxylic acids is 1. The van der Waals surface area contributed by atoms with Crippen molar-refractivity contribution in [2.75, 3.05) is 0 Å². The van der Waals surface area contributed by atoms with E-state index in [0.29, 0.717) is 5.75 Å². The summed E-state index contributed by atoms with van der Waals surface area (Å²) in [5.41, 5.74) is 1.16. The predicted octanol–water partition coefficient (Wildman–Crippen LogP) is 2.59. The third-order valence-electron chi connectivity index (χ3n) is 2.34. The summed E-state index contributed by atoms with van der Waals surface area (Å²) in [4.78, 5) is 10.8. The van der Waals surface area contributed by atoms with E-state index in [9.17, 15) is 4.79 Å². The van der Waals surface area contributed by atoms with Gasteiger partial charge in [-0.3, -0.25) is 4.79 Å². The Morgan fingerprint density at radius 1 is 1.40 bits per heavy atom. The molecule has 0 bridgehead atoms. The van der Waals surface area contributed by atoms with Crippen molar-refractivity contribution in [2.24, 2.45) is 0 Å². The Morgan fingerprint density at radius 2 is 2.20 bits per heavy atom. The summed E-state index contributed by atoms with van der Waals surface area (Å²) in [7, 11) is 0. The van der Waals surface area contributed by atoms with Gasteiger partial charge in [-0.15, -0.1) is 0 Å². The van der Waals surface area contributed by atoms with Crippen LogP contribution in [0.5, 0.6) is 5.75 Å². The van der Waals surface area contributed by atoms with Gasteiger partial charge in [-0.05, 0) is 31.2 Å². The van der Waals surface area contributed by atoms with Crippen molar-refractivity contribution in [3.63, 3.8) is 0 Å². The molecule has 1 heterocycles. The average Bonchev–Trinajstić information content (AvgIpc) is 2.58. The molecule has 0 aliphatic carbocycles. The van der Waals surface area contributed by atoms with Gasteiger partial charge in [0.2, 0.25) is 0 Å². The van der Waals surface area contributed by atoms with Crippen LogP contribution in [0.25, 0.3) is 10.9 Å². The number of ether oxygens (including phenoxy) is 1. The minimum absolute atomic E-state index is 0.288. The first kappa shape index (κ1) is 9.77. The van der Waals surface area contributed by atoms with Gasteiger partial charge in [-0.1, -0.05) is 0 Å². The van der Waals surface area contributed by atoms with E-state index in [1.165, 1.54) is 6.92 Å². The molecule has 0 aliphatic rings. The van der Waals surface area contributed by atoms with Gasteiger partial charge < -0.3 is 9.30 Å². The number of esters is 1. The van der Waals surface area contributed by atoms with Crippen molar-refractivity contribution in [1.82, 2.24) is 4.57 Å². The number of hydrogen-bond donors (Lipinski definition) is 0. The maximum absolute atomic E-state index is 10.8. The molecule has 0 amide bonds. The van der Waals surface area contributed by atoms with Crippen LogP contribution in [0.1, 0.15) is 13.8 Å². The van der Waals surface area contributed by atoms with Crippen molar-refractivity contribution in [3.05, 3.63) is 30.5 Å². The highest BCUT2D eigenvalue weighted by molar-refractivity contribution is 5.82. The van der Waals surface area contributed by atoms with Crippen molar-refractivity contribution >= 4 is 16.9 Å². The van der Waals surface area contributed by atoms with Crippen LogP contribution in [0.2, 0.25) is 0 Å². The highest BCUT2D eigenvalue weighted by atomic mass is 16.5. The van der Waals surface area contributed by atoms with E-state index < -0.39 is 0 Å². The number of nitrogens with zero attached hydrogens (tertiary/aromatic N) is 1. The van der Waals surface area contributed by atoms with Gasteiger partial charge in [0.05, 0.1) is 0 Å². The van der Waals surface area contributed by atoms with Crippen LogP contribution in [0.3, 0.4) is 0 Å². The summed E-state index contributed by atoms with van der Waals surface area (Å²) >= 11 is 0. The van der Waals surface area contributed by atoms with Crippen LogP contribution in [-0.4, -0.2) is 10.5 Å². The van der Waals surface area contributed by atoms with E-state index in [2.05, 4.69) is 11.5 Å². The van der Waals surface area contributed by atoms with Crippen molar-refractivity contribution in [3.8, 4) is 5.75 Å². The number of fused-ring (bicyclic) bond motifs is 1.